The lowest BCUT2D eigenvalue weighted by Crippen LogP contribution is -2.49. The van der Waals surface area contributed by atoms with E-state index in [0.29, 0.717) is 12.1 Å². The highest BCUT2D eigenvalue weighted by Crippen LogP contribution is 2.20. The zero-order chi connectivity index (χ0) is 18.7. The van der Waals surface area contributed by atoms with E-state index >= 15 is 0 Å². The van der Waals surface area contributed by atoms with E-state index in [1.807, 2.05) is 7.05 Å². The Labute approximate surface area is 164 Å². The largest absolute Gasteiger partial charge is 0.376 e. The van der Waals surface area contributed by atoms with Crippen molar-refractivity contribution in [1.29, 1.82) is 0 Å². The lowest BCUT2D eigenvalue weighted by atomic mass is 10.0. The number of ether oxygens (including phenoxy) is 1. The van der Waals surface area contributed by atoms with Crippen LogP contribution in [0.15, 0.2) is 35.3 Å². The Hall–Kier alpha value is -1.75. The Morgan fingerprint density at radius 1 is 1.04 bits per heavy atom. The van der Waals surface area contributed by atoms with Gasteiger partial charge in [0.2, 0.25) is 0 Å². The summed E-state index contributed by atoms with van der Waals surface area (Å²) in [6.45, 7) is 3.75. The summed E-state index contributed by atoms with van der Waals surface area (Å²) in [7, 11) is 1.85. The van der Waals surface area contributed by atoms with Crippen LogP contribution in [0.3, 0.4) is 0 Å². The molecule has 0 radical (unpaired) electrons. The number of piperidine rings is 1. The average molecular weight is 373 g/mol. The zero-order valence-electron chi connectivity index (χ0n) is 16.8. The predicted molar refractivity (Wildman–Crippen MR) is 114 cm³/mol. The first-order valence-corrected chi connectivity index (χ1v) is 10.7. The number of rotatable bonds is 6. The van der Waals surface area contributed by atoms with Crippen molar-refractivity contribution >= 4 is 11.6 Å². The SMILES string of the molecule is CN=C(NCCOC1CCCCCC1)NC1CCN(c2ccccc2)CC1. The van der Waals surface area contributed by atoms with E-state index in [-0.39, 0.29) is 0 Å². The first-order valence-electron chi connectivity index (χ1n) is 10.7. The first-order chi connectivity index (χ1) is 13.3. The summed E-state index contributed by atoms with van der Waals surface area (Å²) in [6, 6.07) is 11.2. The molecule has 1 aromatic rings. The van der Waals surface area contributed by atoms with Crippen molar-refractivity contribution in [3.05, 3.63) is 30.3 Å². The molecule has 27 heavy (non-hydrogen) atoms. The fourth-order valence-electron chi connectivity index (χ4n) is 4.11. The summed E-state index contributed by atoms with van der Waals surface area (Å²) in [5.41, 5.74) is 1.33. The summed E-state index contributed by atoms with van der Waals surface area (Å²) in [5.74, 6) is 0.901. The van der Waals surface area contributed by atoms with Gasteiger partial charge < -0.3 is 20.3 Å². The van der Waals surface area contributed by atoms with Crippen LogP contribution in [0.5, 0.6) is 0 Å². The third-order valence-electron chi connectivity index (χ3n) is 5.73. The average Bonchev–Trinajstić information content (AvgIpc) is 3.00. The van der Waals surface area contributed by atoms with Gasteiger partial charge in [-0.3, -0.25) is 4.99 Å². The van der Waals surface area contributed by atoms with Crippen molar-refractivity contribution in [2.45, 2.75) is 63.5 Å². The van der Waals surface area contributed by atoms with Gasteiger partial charge in [-0.05, 0) is 37.8 Å². The van der Waals surface area contributed by atoms with Crippen molar-refractivity contribution in [2.75, 3.05) is 38.2 Å². The van der Waals surface area contributed by atoms with E-state index in [1.165, 1.54) is 44.2 Å². The van der Waals surface area contributed by atoms with Crippen LogP contribution in [-0.4, -0.2) is 51.4 Å². The number of anilines is 1. The molecule has 5 heteroatoms. The number of hydrogen-bond donors (Lipinski definition) is 2. The number of para-hydroxylation sites is 1. The predicted octanol–water partition coefficient (Wildman–Crippen LogP) is 3.56. The second-order valence-electron chi connectivity index (χ2n) is 7.72. The molecule has 1 aliphatic carbocycles. The number of benzene rings is 1. The van der Waals surface area contributed by atoms with E-state index in [1.54, 1.807) is 0 Å². The van der Waals surface area contributed by atoms with Gasteiger partial charge in [0, 0.05) is 38.4 Å². The molecule has 3 rings (SSSR count). The van der Waals surface area contributed by atoms with Gasteiger partial charge in [-0.2, -0.15) is 0 Å². The van der Waals surface area contributed by atoms with Crippen LogP contribution in [0.25, 0.3) is 0 Å². The van der Waals surface area contributed by atoms with Crippen LogP contribution < -0.4 is 15.5 Å². The van der Waals surface area contributed by atoms with Crippen LogP contribution >= 0.6 is 0 Å². The Bertz CT molecular complexity index is 547. The van der Waals surface area contributed by atoms with Gasteiger partial charge in [0.15, 0.2) is 5.96 Å². The molecular weight excluding hydrogens is 336 g/mol. The lowest BCUT2D eigenvalue weighted by molar-refractivity contribution is 0.0468. The second kappa shape index (κ2) is 11.2. The number of nitrogens with zero attached hydrogens (tertiary/aromatic N) is 2. The molecule has 2 fully saturated rings. The molecule has 1 saturated heterocycles. The molecular formula is C22H36N4O. The third kappa shape index (κ3) is 6.73. The number of hydrogen-bond acceptors (Lipinski definition) is 3. The number of guanidine groups is 1. The summed E-state index contributed by atoms with van der Waals surface area (Å²) in [6.07, 6.45) is 10.6. The van der Waals surface area contributed by atoms with Crippen molar-refractivity contribution in [3.8, 4) is 0 Å². The molecule has 0 spiro atoms. The smallest absolute Gasteiger partial charge is 0.191 e. The van der Waals surface area contributed by atoms with Crippen LogP contribution in [0.2, 0.25) is 0 Å². The van der Waals surface area contributed by atoms with Crippen molar-refractivity contribution in [1.82, 2.24) is 10.6 Å². The maximum atomic E-state index is 6.06. The number of nitrogens with one attached hydrogen (secondary N) is 2. The Kier molecular flexibility index (Phi) is 8.28. The molecule has 0 aromatic heterocycles. The monoisotopic (exact) mass is 372 g/mol. The van der Waals surface area contributed by atoms with Crippen molar-refractivity contribution in [2.24, 2.45) is 4.99 Å². The minimum atomic E-state index is 0.464. The molecule has 0 amide bonds. The molecule has 0 bridgehead atoms. The van der Waals surface area contributed by atoms with Gasteiger partial charge in [0.05, 0.1) is 12.7 Å². The van der Waals surface area contributed by atoms with E-state index in [9.17, 15) is 0 Å². The van der Waals surface area contributed by atoms with E-state index in [4.69, 9.17) is 4.74 Å². The van der Waals surface area contributed by atoms with Gasteiger partial charge >= 0.3 is 0 Å². The van der Waals surface area contributed by atoms with Crippen molar-refractivity contribution in [3.63, 3.8) is 0 Å². The fourth-order valence-corrected chi connectivity index (χ4v) is 4.11. The first kappa shape index (κ1) is 20.0. The lowest BCUT2D eigenvalue weighted by Gasteiger charge is -2.34. The van der Waals surface area contributed by atoms with Gasteiger partial charge in [-0.1, -0.05) is 43.9 Å². The topological polar surface area (TPSA) is 48.9 Å². The van der Waals surface area contributed by atoms with Gasteiger partial charge in [-0.25, -0.2) is 0 Å². The van der Waals surface area contributed by atoms with Crippen molar-refractivity contribution < 1.29 is 4.74 Å². The van der Waals surface area contributed by atoms with Gasteiger partial charge in [-0.15, -0.1) is 0 Å². The molecule has 2 N–H and O–H groups in total. The summed E-state index contributed by atoms with van der Waals surface area (Å²) in [5, 5.41) is 7.00. The summed E-state index contributed by atoms with van der Waals surface area (Å²) in [4.78, 5) is 6.85. The van der Waals surface area contributed by atoms with E-state index in [0.717, 1.165) is 45.0 Å². The molecule has 1 heterocycles. The van der Waals surface area contributed by atoms with Gasteiger partial charge in [0.25, 0.3) is 0 Å². The Morgan fingerprint density at radius 3 is 2.41 bits per heavy atom. The summed E-state index contributed by atoms with van der Waals surface area (Å²) >= 11 is 0. The quantitative estimate of drug-likeness (QED) is 0.347. The molecule has 150 valence electrons. The maximum Gasteiger partial charge on any atom is 0.191 e. The van der Waals surface area contributed by atoms with Crippen LogP contribution in [0.1, 0.15) is 51.4 Å². The fraction of sp³-hybridized carbons (Fsp3) is 0.682. The molecule has 2 aliphatic rings. The Balaban J connectivity index is 1.32. The van der Waals surface area contributed by atoms with E-state index in [2.05, 4.69) is 50.9 Å². The third-order valence-corrected chi connectivity index (χ3v) is 5.73. The molecule has 1 aromatic carbocycles. The second-order valence-corrected chi connectivity index (χ2v) is 7.72. The van der Waals surface area contributed by atoms with E-state index < -0.39 is 0 Å². The minimum Gasteiger partial charge on any atom is -0.376 e. The van der Waals surface area contributed by atoms with Crippen LogP contribution in [0, 0.1) is 0 Å². The number of aliphatic imine (C=N–C) groups is 1. The normalized spacial score (nSPS) is 20.3. The highest BCUT2D eigenvalue weighted by molar-refractivity contribution is 5.80. The highest BCUT2D eigenvalue weighted by Gasteiger charge is 2.20. The summed E-state index contributed by atoms with van der Waals surface area (Å²) < 4.78 is 6.06. The molecule has 1 saturated carbocycles. The molecule has 0 atom stereocenters. The molecule has 5 nitrogen and oxygen atoms in total. The molecule has 1 aliphatic heterocycles. The minimum absolute atomic E-state index is 0.464. The Morgan fingerprint density at radius 2 is 1.74 bits per heavy atom. The van der Waals surface area contributed by atoms with Gasteiger partial charge in [0.1, 0.15) is 0 Å². The highest BCUT2D eigenvalue weighted by atomic mass is 16.5. The van der Waals surface area contributed by atoms with Crippen LogP contribution in [-0.2, 0) is 4.74 Å². The molecule has 0 unspecified atom stereocenters. The van der Waals surface area contributed by atoms with Crippen LogP contribution in [0.4, 0.5) is 5.69 Å². The zero-order valence-corrected chi connectivity index (χ0v) is 16.8. The maximum absolute atomic E-state index is 6.06. The standard InChI is InChI=1S/C22H36N4O/c1-23-22(24-15-18-27-21-11-7-2-3-8-12-21)25-19-13-16-26(17-14-19)20-9-5-4-6-10-20/h4-6,9-10,19,21H,2-3,7-8,11-18H2,1H3,(H2,23,24,25).